The van der Waals surface area contributed by atoms with Gasteiger partial charge in [-0.25, -0.2) is 13.4 Å². The number of nitrogens with zero attached hydrogens (tertiary/aromatic N) is 3. The predicted octanol–water partition coefficient (Wildman–Crippen LogP) is 1.74. The standard InChI is InChI=1S/C18H18N4O4S/c1-21-11-19-13-8-7-12(9-15(13)21)20-18(23)17-10-22(27(2,24)25)14-5-3-4-6-16(14)26-17/h3-9,11,17H,10H2,1-2H3,(H,20,23). The van der Waals surface area contributed by atoms with Crippen LogP contribution in [0, 0.1) is 0 Å². The van der Waals surface area contributed by atoms with Crippen LogP contribution in [-0.2, 0) is 21.9 Å². The average Bonchev–Trinajstić information content (AvgIpc) is 3.00. The van der Waals surface area contributed by atoms with Gasteiger partial charge >= 0.3 is 0 Å². The number of carbonyl (C=O) groups excluding carboxylic acids is 1. The van der Waals surface area contributed by atoms with Gasteiger partial charge in [0.25, 0.3) is 5.91 Å². The highest BCUT2D eigenvalue weighted by Crippen LogP contribution is 2.34. The predicted molar refractivity (Wildman–Crippen MR) is 102 cm³/mol. The molecule has 3 aromatic rings. The van der Waals surface area contributed by atoms with Crippen molar-refractivity contribution in [1.82, 2.24) is 9.55 Å². The van der Waals surface area contributed by atoms with Crippen molar-refractivity contribution < 1.29 is 17.9 Å². The van der Waals surface area contributed by atoms with Crippen LogP contribution >= 0.6 is 0 Å². The lowest BCUT2D eigenvalue weighted by Crippen LogP contribution is -2.48. The molecule has 1 unspecified atom stereocenters. The molecule has 1 aromatic heterocycles. The normalized spacial score (nSPS) is 16.7. The molecule has 27 heavy (non-hydrogen) atoms. The Morgan fingerprint density at radius 2 is 2.04 bits per heavy atom. The number of carbonyl (C=O) groups is 1. The van der Waals surface area contributed by atoms with Gasteiger partial charge in [-0.3, -0.25) is 9.10 Å². The number of para-hydroxylation sites is 2. The molecule has 9 heteroatoms. The lowest BCUT2D eigenvalue weighted by molar-refractivity contribution is -0.122. The van der Waals surface area contributed by atoms with Crippen LogP contribution in [0.3, 0.4) is 0 Å². The highest BCUT2D eigenvalue weighted by molar-refractivity contribution is 7.92. The van der Waals surface area contributed by atoms with Gasteiger partial charge in [0, 0.05) is 12.7 Å². The molecule has 0 bridgehead atoms. The summed E-state index contributed by atoms with van der Waals surface area (Å²) in [6, 6.07) is 12.1. The summed E-state index contributed by atoms with van der Waals surface area (Å²) >= 11 is 0. The number of benzene rings is 2. The zero-order valence-corrected chi connectivity index (χ0v) is 15.6. The molecule has 0 radical (unpaired) electrons. The van der Waals surface area contributed by atoms with Gasteiger partial charge in [0.1, 0.15) is 5.75 Å². The summed E-state index contributed by atoms with van der Waals surface area (Å²) in [6.45, 7) is -0.0877. The number of sulfonamides is 1. The fraction of sp³-hybridized carbons (Fsp3) is 0.222. The Bertz CT molecular complexity index is 1140. The molecule has 0 saturated heterocycles. The molecule has 4 rings (SSSR count). The number of amides is 1. The van der Waals surface area contributed by atoms with E-state index in [1.807, 2.05) is 23.7 Å². The molecule has 1 amide bonds. The van der Waals surface area contributed by atoms with Gasteiger partial charge in [-0.1, -0.05) is 12.1 Å². The SMILES string of the molecule is Cn1cnc2ccc(NC(=O)C3CN(S(C)(=O)=O)c4ccccc4O3)cc21. The van der Waals surface area contributed by atoms with Crippen LogP contribution in [0.4, 0.5) is 11.4 Å². The number of rotatable bonds is 3. The first-order chi connectivity index (χ1) is 12.8. The molecule has 0 spiro atoms. The lowest BCUT2D eigenvalue weighted by atomic mass is 10.2. The van der Waals surface area contributed by atoms with E-state index in [2.05, 4.69) is 10.3 Å². The zero-order valence-electron chi connectivity index (χ0n) is 14.8. The largest absolute Gasteiger partial charge is 0.476 e. The lowest BCUT2D eigenvalue weighted by Gasteiger charge is -2.33. The second-order valence-electron chi connectivity index (χ2n) is 6.42. The second-order valence-corrected chi connectivity index (χ2v) is 8.32. The van der Waals surface area contributed by atoms with Crippen LogP contribution < -0.4 is 14.4 Å². The van der Waals surface area contributed by atoms with Crippen molar-refractivity contribution >= 4 is 38.3 Å². The number of aryl methyl sites for hydroxylation is 1. The van der Waals surface area contributed by atoms with E-state index < -0.39 is 22.0 Å². The maximum absolute atomic E-state index is 12.7. The fourth-order valence-electron chi connectivity index (χ4n) is 3.08. The van der Waals surface area contributed by atoms with E-state index in [9.17, 15) is 13.2 Å². The number of aromatic nitrogens is 2. The Hall–Kier alpha value is -3.07. The number of anilines is 2. The summed E-state index contributed by atoms with van der Waals surface area (Å²) in [5.74, 6) is -0.0592. The van der Waals surface area contributed by atoms with Crippen molar-refractivity contribution in [3.05, 3.63) is 48.8 Å². The molecular formula is C18H18N4O4S. The Labute approximate surface area is 156 Å². The summed E-state index contributed by atoms with van der Waals surface area (Å²) in [6.07, 6.45) is 1.85. The average molecular weight is 386 g/mol. The highest BCUT2D eigenvalue weighted by atomic mass is 32.2. The number of ether oxygens (including phenoxy) is 1. The molecule has 0 saturated carbocycles. The summed E-state index contributed by atoms with van der Waals surface area (Å²) in [5.41, 5.74) is 2.71. The van der Waals surface area contributed by atoms with Crippen LogP contribution in [0.1, 0.15) is 0 Å². The van der Waals surface area contributed by atoms with Crippen LogP contribution in [0.15, 0.2) is 48.8 Å². The molecule has 2 heterocycles. The zero-order chi connectivity index (χ0) is 19.2. The molecule has 1 atom stereocenters. The molecule has 0 fully saturated rings. The van der Waals surface area contributed by atoms with E-state index in [1.54, 1.807) is 36.7 Å². The maximum Gasteiger partial charge on any atom is 0.267 e. The molecule has 0 aliphatic carbocycles. The van der Waals surface area contributed by atoms with Crippen LogP contribution in [-0.4, -0.2) is 42.8 Å². The van der Waals surface area contributed by atoms with Gasteiger partial charge in [0.15, 0.2) is 6.10 Å². The third-order valence-electron chi connectivity index (χ3n) is 4.42. The molecule has 1 aliphatic rings. The first kappa shape index (κ1) is 17.3. The third kappa shape index (κ3) is 3.21. The van der Waals surface area contributed by atoms with Gasteiger partial charge < -0.3 is 14.6 Å². The Balaban J connectivity index is 1.61. The number of nitrogens with one attached hydrogen (secondary N) is 1. The van der Waals surface area contributed by atoms with Gasteiger partial charge in [-0.15, -0.1) is 0 Å². The minimum absolute atomic E-state index is 0.0877. The third-order valence-corrected chi connectivity index (χ3v) is 5.57. The quantitative estimate of drug-likeness (QED) is 0.740. The topological polar surface area (TPSA) is 93.5 Å². The van der Waals surface area contributed by atoms with E-state index in [4.69, 9.17) is 4.74 Å². The summed E-state index contributed by atoms with van der Waals surface area (Å²) in [5, 5.41) is 2.80. The van der Waals surface area contributed by atoms with E-state index in [1.165, 1.54) is 4.31 Å². The number of imidazole rings is 1. The molecule has 2 aromatic carbocycles. The minimum Gasteiger partial charge on any atom is -0.476 e. The minimum atomic E-state index is -3.54. The van der Waals surface area contributed by atoms with Crippen molar-refractivity contribution in [3.8, 4) is 5.75 Å². The van der Waals surface area contributed by atoms with Gasteiger partial charge in [0.05, 0.1) is 35.8 Å². The fourth-order valence-corrected chi connectivity index (χ4v) is 3.99. The van der Waals surface area contributed by atoms with Crippen molar-refractivity contribution in [2.24, 2.45) is 7.05 Å². The van der Waals surface area contributed by atoms with Crippen LogP contribution in [0.25, 0.3) is 11.0 Å². The monoisotopic (exact) mass is 386 g/mol. The number of fused-ring (bicyclic) bond motifs is 2. The van der Waals surface area contributed by atoms with E-state index in [0.717, 1.165) is 17.3 Å². The highest BCUT2D eigenvalue weighted by Gasteiger charge is 2.34. The summed E-state index contributed by atoms with van der Waals surface area (Å²) in [4.78, 5) is 17.0. The maximum atomic E-state index is 12.7. The number of hydrogen-bond acceptors (Lipinski definition) is 5. The van der Waals surface area contributed by atoms with Gasteiger partial charge in [-0.05, 0) is 30.3 Å². The first-order valence-corrected chi connectivity index (χ1v) is 10.1. The first-order valence-electron chi connectivity index (χ1n) is 8.28. The van der Waals surface area contributed by atoms with Crippen molar-refractivity contribution in [2.45, 2.75) is 6.10 Å². The molecule has 140 valence electrons. The summed E-state index contributed by atoms with van der Waals surface area (Å²) < 4.78 is 33.1. The Kier molecular flexibility index (Phi) is 4.03. The molecular weight excluding hydrogens is 368 g/mol. The van der Waals surface area contributed by atoms with Crippen molar-refractivity contribution in [1.29, 1.82) is 0 Å². The molecule has 8 nitrogen and oxygen atoms in total. The Morgan fingerprint density at radius 3 is 2.81 bits per heavy atom. The molecule has 1 aliphatic heterocycles. The smallest absolute Gasteiger partial charge is 0.267 e. The van der Waals surface area contributed by atoms with E-state index >= 15 is 0 Å². The van der Waals surface area contributed by atoms with E-state index in [-0.39, 0.29) is 6.54 Å². The molecule has 1 N–H and O–H groups in total. The summed E-state index contributed by atoms with van der Waals surface area (Å²) in [7, 11) is -1.68. The van der Waals surface area contributed by atoms with Crippen molar-refractivity contribution in [2.75, 3.05) is 22.4 Å². The Morgan fingerprint density at radius 1 is 1.26 bits per heavy atom. The van der Waals surface area contributed by atoms with Crippen LogP contribution in [0.2, 0.25) is 0 Å². The second kappa shape index (κ2) is 6.27. The van der Waals surface area contributed by atoms with Crippen molar-refractivity contribution in [3.63, 3.8) is 0 Å². The number of hydrogen-bond donors (Lipinski definition) is 1. The van der Waals surface area contributed by atoms with Crippen LogP contribution in [0.5, 0.6) is 5.75 Å². The van der Waals surface area contributed by atoms with Gasteiger partial charge in [0.2, 0.25) is 10.0 Å². The van der Waals surface area contributed by atoms with E-state index in [0.29, 0.717) is 17.1 Å². The van der Waals surface area contributed by atoms with Gasteiger partial charge in [-0.2, -0.15) is 0 Å².